The molecule has 6 nitrogen and oxygen atoms in total. The summed E-state index contributed by atoms with van der Waals surface area (Å²) in [5.74, 6) is -0.220. The van der Waals surface area contributed by atoms with Crippen LogP contribution in [-0.2, 0) is 0 Å². The fraction of sp³-hybridized carbons (Fsp3) is 0.118. The standard InChI is InChI=1S/C17H11BrIN5O/c18-14-7-12(25-16(14)19)6-10(8-20)15-13(9-21)17(22)24(23-15)11-4-2-1-3-5-11/h1-7,13,17H,22H2/b10-6-/t13-,17+/m0/s1. The molecule has 124 valence electrons. The Bertz CT molecular complexity index is 919. The first-order chi connectivity index (χ1) is 12.0. The zero-order chi connectivity index (χ0) is 18.0. The Hall–Kier alpha value is -2.14. The van der Waals surface area contributed by atoms with Crippen LogP contribution in [0.5, 0.6) is 0 Å². The number of halogens is 2. The molecule has 2 atom stereocenters. The predicted octanol–water partition coefficient (Wildman–Crippen LogP) is 3.85. The molecule has 1 aliphatic rings. The molecule has 3 rings (SSSR count). The largest absolute Gasteiger partial charge is 0.450 e. The SMILES string of the molecule is N#C/C(=C/c1cc(Br)c(I)o1)C1=NN(c2ccccc2)[C@@H](N)[C@H]1C#N. The summed E-state index contributed by atoms with van der Waals surface area (Å²) in [5, 5.41) is 25.1. The molecule has 2 heterocycles. The average Bonchev–Trinajstić information content (AvgIpc) is 3.12. The Labute approximate surface area is 166 Å². The first-order valence-electron chi connectivity index (χ1n) is 7.20. The third-order valence-corrected chi connectivity index (χ3v) is 5.77. The summed E-state index contributed by atoms with van der Waals surface area (Å²) in [6.07, 6.45) is 0.903. The highest BCUT2D eigenvalue weighted by Gasteiger charge is 2.37. The van der Waals surface area contributed by atoms with E-state index in [9.17, 15) is 10.5 Å². The Morgan fingerprint density at radius 1 is 1.36 bits per heavy atom. The molecule has 0 bridgehead atoms. The molecule has 0 spiro atoms. The topological polar surface area (TPSA) is 102 Å². The maximum absolute atomic E-state index is 9.56. The highest BCUT2D eigenvalue weighted by atomic mass is 127. The van der Waals surface area contributed by atoms with Crippen LogP contribution in [0.4, 0.5) is 5.69 Å². The van der Waals surface area contributed by atoms with Gasteiger partial charge in [0, 0.05) is 28.7 Å². The van der Waals surface area contributed by atoms with Crippen LogP contribution in [0.2, 0.25) is 0 Å². The second-order valence-electron chi connectivity index (χ2n) is 5.20. The summed E-state index contributed by atoms with van der Waals surface area (Å²) in [6, 6.07) is 15.3. The Kier molecular flexibility index (Phi) is 5.23. The Balaban J connectivity index is 2.03. The lowest BCUT2D eigenvalue weighted by Crippen LogP contribution is -2.40. The fourth-order valence-electron chi connectivity index (χ4n) is 2.46. The molecule has 25 heavy (non-hydrogen) atoms. The van der Waals surface area contributed by atoms with Crippen LogP contribution >= 0.6 is 38.5 Å². The summed E-state index contributed by atoms with van der Waals surface area (Å²) in [6.45, 7) is 0. The van der Waals surface area contributed by atoms with E-state index in [4.69, 9.17) is 10.2 Å². The number of para-hydroxylation sites is 1. The van der Waals surface area contributed by atoms with Crippen molar-refractivity contribution in [2.45, 2.75) is 6.17 Å². The molecule has 1 aromatic heterocycles. The second kappa shape index (κ2) is 7.40. The van der Waals surface area contributed by atoms with E-state index in [1.165, 1.54) is 0 Å². The van der Waals surface area contributed by atoms with Gasteiger partial charge in [0.2, 0.25) is 0 Å². The van der Waals surface area contributed by atoms with E-state index < -0.39 is 12.1 Å². The van der Waals surface area contributed by atoms with Gasteiger partial charge in [-0.3, -0.25) is 0 Å². The summed E-state index contributed by atoms with van der Waals surface area (Å²) in [5.41, 5.74) is 7.54. The lowest BCUT2D eigenvalue weighted by molar-refractivity contribution is 0.526. The predicted molar refractivity (Wildman–Crippen MR) is 106 cm³/mol. The minimum absolute atomic E-state index is 0.248. The van der Waals surface area contributed by atoms with Crippen LogP contribution in [0.1, 0.15) is 5.76 Å². The van der Waals surface area contributed by atoms with Crippen molar-refractivity contribution in [3.8, 4) is 12.1 Å². The van der Waals surface area contributed by atoms with E-state index in [-0.39, 0.29) is 5.57 Å². The van der Waals surface area contributed by atoms with Gasteiger partial charge < -0.3 is 10.2 Å². The molecule has 1 aromatic carbocycles. The maximum Gasteiger partial charge on any atom is 0.178 e. The van der Waals surface area contributed by atoms with Crippen LogP contribution in [0.15, 0.2) is 56.0 Å². The van der Waals surface area contributed by atoms with Gasteiger partial charge in [0.05, 0.1) is 27.5 Å². The third kappa shape index (κ3) is 3.47. The molecule has 0 radical (unpaired) electrons. The first kappa shape index (κ1) is 17.7. The van der Waals surface area contributed by atoms with Gasteiger partial charge in [-0.1, -0.05) is 18.2 Å². The Morgan fingerprint density at radius 2 is 2.08 bits per heavy atom. The van der Waals surface area contributed by atoms with Crippen LogP contribution in [0.25, 0.3) is 6.08 Å². The van der Waals surface area contributed by atoms with Gasteiger partial charge >= 0.3 is 0 Å². The van der Waals surface area contributed by atoms with E-state index in [2.05, 4.69) is 33.2 Å². The summed E-state index contributed by atoms with van der Waals surface area (Å²) in [7, 11) is 0. The molecule has 0 fully saturated rings. The van der Waals surface area contributed by atoms with Crippen molar-refractivity contribution >= 4 is 56.0 Å². The molecule has 1 aliphatic heterocycles. The average molecular weight is 508 g/mol. The molecule has 8 heteroatoms. The molecule has 2 aromatic rings. The molecule has 0 saturated heterocycles. The molecule has 0 saturated carbocycles. The van der Waals surface area contributed by atoms with Gasteiger partial charge in [-0.2, -0.15) is 15.6 Å². The smallest absolute Gasteiger partial charge is 0.178 e. The molecule has 2 N–H and O–H groups in total. The number of benzene rings is 1. The number of rotatable bonds is 3. The molecule has 0 amide bonds. The van der Waals surface area contributed by atoms with Crippen molar-refractivity contribution < 1.29 is 4.42 Å². The number of nitriles is 2. The quantitative estimate of drug-likeness (QED) is 0.502. The van der Waals surface area contributed by atoms with E-state index in [1.807, 2.05) is 52.9 Å². The van der Waals surface area contributed by atoms with Crippen molar-refractivity contribution in [1.29, 1.82) is 10.5 Å². The minimum Gasteiger partial charge on any atom is -0.450 e. The summed E-state index contributed by atoms with van der Waals surface area (Å²) < 4.78 is 7.01. The highest BCUT2D eigenvalue weighted by Crippen LogP contribution is 2.30. The number of anilines is 1. The van der Waals surface area contributed by atoms with Crippen LogP contribution < -0.4 is 10.7 Å². The van der Waals surface area contributed by atoms with Crippen LogP contribution in [-0.4, -0.2) is 11.9 Å². The number of hydrogen-bond donors (Lipinski definition) is 1. The van der Waals surface area contributed by atoms with Crippen LogP contribution in [0.3, 0.4) is 0 Å². The minimum atomic E-state index is -0.719. The molecule has 0 aliphatic carbocycles. The van der Waals surface area contributed by atoms with Crippen molar-refractivity contribution in [2.24, 2.45) is 16.8 Å². The molecular weight excluding hydrogens is 497 g/mol. The van der Waals surface area contributed by atoms with Gasteiger partial charge in [0.25, 0.3) is 0 Å². The second-order valence-corrected chi connectivity index (χ2v) is 7.04. The summed E-state index contributed by atoms with van der Waals surface area (Å²) >= 11 is 5.40. The van der Waals surface area contributed by atoms with Crippen LogP contribution in [0, 0.1) is 32.3 Å². The zero-order valence-electron chi connectivity index (χ0n) is 12.7. The van der Waals surface area contributed by atoms with Gasteiger partial charge in [-0.15, -0.1) is 0 Å². The van der Waals surface area contributed by atoms with Crippen molar-refractivity contribution in [2.75, 3.05) is 5.01 Å². The lowest BCUT2D eigenvalue weighted by atomic mass is 9.96. The monoisotopic (exact) mass is 507 g/mol. The maximum atomic E-state index is 9.56. The van der Waals surface area contributed by atoms with Gasteiger partial charge in [0.1, 0.15) is 23.9 Å². The number of allylic oxidation sites excluding steroid dienone is 1. The van der Waals surface area contributed by atoms with Gasteiger partial charge in [-0.05, 0) is 34.1 Å². The fourth-order valence-corrected chi connectivity index (χ4v) is 3.17. The highest BCUT2D eigenvalue weighted by molar-refractivity contribution is 14.1. The third-order valence-electron chi connectivity index (χ3n) is 3.64. The molecule has 0 unspecified atom stereocenters. The number of hydrazone groups is 1. The van der Waals surface area contributed by atoms with E-state index in [0.29, 0.717) is 15.2 Å². The summed E-state index contributed by atoms with van der Waals surface area (Å²) in [4.78, 5) is 0. The van der Waals surface area contributed by atoms with E-state index >= 15 is 0 Å². The number of nitrogens with two attached hydrogens (primary N) is 1. The normalized spacial score (nSPS) is 20.1. The van der Waals surface area contributed by atoms with Gasteiger partial charge in [0.15, 0.2) is 3.77 Å². The first-order valence-corrected chi connectivity index (χ1v) is 9.07. The van der Waals surface area contributed by atoms with E-state index in [1.54, 1.807) is 17.2 Å². The Morgan fingerprint density at radius 3 is 2.64 bits per heavy atom. The van der Waals surface area contributed by atoms with Crippen molar-refractivity contribution in [3.63, 3.8) is 0 Å². The molecular formula is C17H11BrIN5O. The van der Waals surface area contributed by atoms with Crippen molar-refractivity contribution in [1.82, 2.24) is 0 Å². The number of hydrogen-bond acceptors (Lipinski definition) is 6. The number of nitrogens with zero attached hydrogens (tertiary/aromatic N) is 4. The zero-order valence-corrected chi connectivity index (χ0v) is 16.5. The van der Waals surface area contributed by atoms with E-state index in [0.717, 1.165) is 10.2 Å². The van der Waals surface area contributed by atoms with Gasteiger partial charge in [-0.25, -0.2) is 5.01 Å². The number of furan rings is 1. The lowest BCUT2D eigenvalue weighted by Gasteiger charge is -2.21. The van der Waals surface area contributed by atoms with Crippen molar-refractivity contribution in [3.05, 3.63) is 56.0 Å².